The molecule has 5 rings (SSSR count). The highest BCUT2D eigenvalue weighted by atomic mass is 35.5. The van der Waals surface area contributed by atoms with Crippen molar-refractivity contribution in [2.24, 2.45) is 5.73 Å². The molecule has 0 radical (unpaired) electrons. The maximum Gasteiger partial charge on any atom is 0.258 e. The van der Waals surface area contributed by atoms with Gasteiger partial charge in [-0.3, -0.25) is 13.8 Å². The summed E-state index contributed by atoms with van der Waals surface area (Å²) >= 11 is 12.7. The highest BCUT2D eigenvalue weighted by Gasteiger charge is 2.28. The van der Waals surface area contributed by atoms with E-state index in [-0.39, 0.29) is 23.1 Å². The number of nitrogens with two attached hydrogens (primary N) is 1. The molecule has 0 aromatic heterocycles. The Morgan fingerprint density at radius 1 is 1.02 bits per heavy atom. The molecule has 2 N–H and O–H groups in total. The lowest BCUT2D eigenvalue weighted by atomic mass is 9.88. The quantitative estimate of drug-likeness (QED) is 0.182. The first-order valence-corrected chi connectivity index (χ1v) is 17.6. The van der Waals surface area contributed by atoms with Crippen LogP contribution in [-0.2, 0) is 10.8 Å². The average molecular weight is 681 g/mol. The summed E-state index contributed by atoms with van der Waals surface area (Å²) in [6.45, 7) is 3.11. The summed E-state index contributed by atoms with van der Waals surface area (Å²) in [5.41, 5.74) is 8.35. The molecule has 0 aliphatic carbocycles. The predicted octanol–water partition coefficient (Wildman–Crippen LogP) is 7.12. The van der Waals surface area contributed by atoms with Crippen molar-refractivity contribution >= 4 is 56.6 Å². The summed E-state index contributed by atoms with van der Waals surface area (Å²) in [5, 5.41) is 2.35. The molecule has 0 bridgehead atoms. The highest BCUT2D eigenvalue weighted by Crippen LogP contribution is 2.36. The van der Waals surface area contributed by atoms with E-state index >= 15 is 0 Å². The second-order valence-corrected chi connectivity index (χ2v) is 14.0. The number of ether oxygens (including phenoxy) is 1. The topological polar surface area (TPSA) is 92.9 Å². The minimum atomic E-state index is -1.02. The summed E-state index contributed by atoms with van der Waals surface area (Å²) in [6, 6.07) is 22.8. The van der Waals surface area contributed by atoms with Crippen LogP contribution in [0.15, 0.2) is 77.7 Å². The van der Waals surface area contributed by atoms with Gasteiger partial charge in [-0.2, -0.15) is 0 Å². The van der Waals surface area contributed by atoms with Crippen molar-refractivity contribution in [2.45, 2.75) is 36.0 Å². The van der Waals surface area contributed by atoms with E-state index in [1.807, 2.05) is 54.6 Å². The van der Waals surface area contributed by atoms with E-state index in [0.29, 0.717) is 33.5 Å². The number of piperidine rings is 1. The van der Waals surface area contributed by atoms with Gasteiger partial charge in [-0.1, -0.05) is 71.7 Å². The van der Waals surface area contributed by atoms with Gasteiger partial charge < -0.3 is 20.3 Å². The van der Waals surface area contributed by atoms with Gasteiger partial charge in [-0.25, -0.2) is 0 Å². The third-order valence-corrected chi connectivity index (χ3v) is 10.7. The number of hydrogen-bond donors (Lipinski definition) is 1. The van der Waals surface area contributed by atoms with Gasteiger partial charge in [0, 0.05) is 30.7 Å². The Balaban J connectivity index is 1.36. The molecule has 1 aliphatic rings. The Morgan fingerprint density at radius 2 is 1.72 bits per heavy atom. The van der Waals surface area contributed by atoms with Gasteiger partial charge in [0.25, 0.3) is 11.8 Å². The van der Waals surface area contributed by atoms with Crippen molar-refractivity contribution in [1.29, 1.82) is 0 Å². The second kappa shape index (κ2) is 15.0. The summed E-state index contributed by atoms with van der Waals surface area (Å²) in [7, 11) is 2.18. The number of primary amides is 1. The zero-order chi connectivity index (χ0) is 33.0. The molecule has 7 nitrogen and oxygen atoms in total. The van der Waals surface area contributed by atoms with Crippen LogP contribution in [0, 0.1) is 0 Å². The molecule has 4 aromatic rings. The van der Waals surface area contributed by atoms with Crippen LogP contribution in [0.4, 0.5) is 0 Å². The first-order chi connectivity index (χ1) is 22.1. The van der Waals surface area contributed by atoms with Crippen LogP contribution in [-0.4, -0.2) is 72.4 Å². The lowest BCUT2D eigenvalue weighted by Gasteiger charge is -2.34. The fourth-order valence-corrected chi connectivity index (χ4v) is 7.70. The van der Waals surface area contributed by atoms with Crippen molar-refractivity contribution in [1.82, 2.24) is 9.80 Å². The summed E-state index contributed by atoms with van der Waals surface area (Å²) in [6.07, 6.45) is 4.52. The largest absolute Gasteiger partial charge is 0.495 e. The number of likely N-dealkylation sites (N-methyl/N-ethyl adjacent to an activating group) is 1. The first kappa shape index (κ1) is 33.9. The van der Waals surface area contributed by atoms with E-state index in [0.717, 1.165) is 54.7 Å². The van der Waals surface area contributed by atoms with E-state index in [1.165, 1.54) is 12.7 Å². The van der Waals surface area contributed by atoms with Gasteiger partial charge >= 0.3 is 0 Å². The Morgan fingerprint density at radius 3 is 2.39 bits per heavy atom. The van der Waals surface area contributed by atoms with E-state index < -0.39 is 16.7 Å². The Labute approximate surface area is 283 Å². The number of hydrogen-bond acceptors (Lipinski definition) is 5. The number of amides is 2. The zero-order valence-electron chi connectivity index (χ0n) is 26.3. The molecule has 2 amide bonds. The SMILES string of the molecule is COc1c(C(N)=O)cc2ccccc2c1C(=O)N(C)CC(CCN1CCC(c2ccccc2[S@](C)=O)CC1)c1ccc(Cl)c(Cl)c1. The third-order valence-electron chi connectivity index (χ3n) is 8.99. The van der Waals surface area contributed by atoms with E-state index in [9.17, 15) is 13.8 Å². The minimum absolute atomic E-state index is 0.0405. The van der Waals surface area contributed by atoms with Crippen LogP contribution >= 0.6 is 23.2 Å². The fraction of sp³-hybridized carbons (Fsp3) is 0.333. The van der Waals surface area contributed by atoms with Gasteiger partial charge in [0.05, 0.1) is 39.1 Å². The van der Waals surface area contributed by atoms with E-state index in [4.69, 9.17) is 33.7 Å². The maximum atomic E-state index is 14.2. The van der Waals surface area contributed by atoms with Crippen molar-refractivity contribution in [3.63, 3.8) is 0 Å². The number of methoxy groups -OCH3 is 1. The smallest absolute Gasteiger partial charge is 0.258 e. The molecular weight excluding hydrogens is 641 g/mol. The lowest BCUT2D eigenvalue weighted by molar-refractivity contribution is 0.0780. The molecule has 1 aliphatic heterocycles. The maximum absolute atomic E-state index is 14.2. The van der Waals surface area contributed by atoms with E-state index in [1.54, 1.807) is 30.3 Å². The van der Waals surface area contributed by atoms with Crippen LogP contribution in [0.1, 0.15) is 62.9 Å². The molecule has 1 heterocycles. The number of rotatable bonds is 11. The third kappa shape index (κ3) is 7.41. The van der Waals surface area contributed by atoms with Gasteiger partial charge in [0.15, 0.2) is 0 Å². The molecular formula is C36H39Cl2N3O4S. The number of benzene rings is 4. The molecule has 242 valence electrons. The first-order valence-electron chi connectivity index (χ1n) is 15.3. The van der Waals surface area contributed by atoms with Crippen LogP contribution in [0.5, 0.6) is 5.75 Å². The molecule has 1 unspecified atom stereocenters. The van der Waals surface area contributed by atoms with Crippen molar-refractivity contribution in [3.8, 4) is 5.75 Å². The monoisotopic (exact) mass is 679 g/mol. The van der Waals surface area contributed by atoms with Crippen LogP contribution in [0.3, 0.4) is 0 Å². The second-order valence-electron chi connectivity index (χ2n) is 11.9. The number of halogens is 2. The number of carbonyl (C=O) groups excluding carboxylic acids is 2. The molecule has 2 atom stereocenters. The van der Waals surface area contributed by atoms with Crippen LogP contribution < -0.4 is 10.5 Å². The Hall–Kier alpha value is -3.43. The Kier molecular flexibility index (Phi) is 11.1. The van der Waals surface area contributed by atoms with Gasteiger partial charge in [0.1, 0.15) is 5.75 Å². The van der Waals surface area contributed by atoms with Crippen molar-refractivity contribution in [3.05, 3.63) is 105 Å². The number of carbonyl (C=O) groups is 2. The molecule has 10 heteroatoms. The van der Waals surface area contributed by atoms with Crippen LogP contribution in [0.2, 0.25) is 10.0 Å². The summed E-state index contributed by atoms with van der Waals surface area (Å²) < 4.78 is 18.0. The normalized spacial score (nSPS) is 15.4. The predicted molar refractivity (Wildman–Crippen MR) is 187 cm³/mol. The van der Waals surface area contributed by atoms with Gasteiger partial charge in [-0.05, 0) is 91.0 Å². The molecule has 0 spiro atoms. The summed E-state index contributed by atoms with van der Waals surface area (Å²) in [4.78, 5) is 31.6. The molecule has 46 heavy (non-hydrogen) atoms. The molecule has 4 aromatic carbocycles. The average Bonchev–Trinajstić information content (AvgIpc) is 3.06. The summed E-state index contributed by atoms with van der Waals surface area (Å²) in [5.74, 6) is -0.420. The Bertz CT molecular complexity index is 1770. The highest BCUT2D eigenvalue weighted by molar-refractivity contribution is 7.84. The number of nitrogens with zero attached hydrogens (tertiary/aromatic N) is 2. The molecule has 1 fully saturated rings. The molecule has 1 saturated heterocycles. The van der Waals surface area contributed by atoms with Gasteiger partial charge in [0.2, 0.25) is 0 Å². The van der Waals surface area contributed by atoms with E-state index in [2.05, 4.69) is 11.0 Å². The number of fused-ring (bicyclic) bond motifs is 1. The lowest BCUT2D eigenvalue weighted by Crippen LogP contribution is -2.36. The van der Waals surface area contributed by atoms with Crippen molar-refractivity contribution in [2.75, 3.05) is 46.6 Å². The van der Waals surface area contributed by atoms with Crippen molar-refractivity contribution < 1.29 is 18.5 Å². The van der Waals surface area contributed by atoms with Crippen LogP contribution in [0.25, 0.3) is 10.8 Å². The fourth-order valence-electron chi connectivity index (χ4n) is 6.56. The minimum Gasteiger partial charge on any atom is -0.495 e. The zero-order valence-corrected chi connectivity index (χ0v) is 28.6. The van der Waals surface area contributed by atoms with Gasteiger partial charge in [-0.15, -0.1) is 0 Å². The number of likely N-dealkylation sites (tertiary alicyclic amines) is 1. The standard InChI is InChI=1S/C36H39Cl2N3O4S/c1-40(36(43)33-28-10-5-4-8-25(28)20-29(35(39)42)34(33)45-2)22-26(24-12-13-30(37)31(38)21-24)16-19-41-17-14-23(15-18-41)27-9-6-7-11-32(27)46(3)44/h4-13,20-21,23,26H,14-19,22H2,1-3H3,(H2,39,42)/t26?,46-/m0/s1. The molecule has 0 saturated carbocycles.